The van der Waals surface area contributed by atoms with Crippen molar-refractivity contribution in [3.8, 4) is 0 Å². The Morgan fingerprint density at radius 1 is 1.00 bits per heavy atom. The van der Waals surface area contributed by atoms with Crippen molar-refractivity contribution >= 4 is 0 Å². The van der Waals surface area contributed by atoms with Gasteiger partial charge in [0.15, 0.2) is 0 Å². The first-order valence-electron chi connectivity index (χ1n) is 8.57. The molecule has 0 atom stereocenters. The third-order valence-corrected chi connectivity index (χ3v) is 4.26. The van der Waals surface area contributed by atoms with E-state index >= 15 is 0 Å². The van der Waals surface area contributed by atoms with Crippen LogP contribution in [0.3, 0.4) is 0 Å². The Kier molecular flexibility index (Phi) is 8.72. The minimum absolute atomic E-state index is 0.631. The lowest BCUT2D eigenvalue weighted by molar-refractivity contribution is 0.184. The van der Waals surface area contributed by atoms with Crippen molar-refractivity contribution < 1.29 is 0 Å². The minimum Gasteiger partial charge on any atom is -0.315 e. The Morgan fingerprint density at radius 3 is 2.26 bits per heavy atom. The standard InChI is InChI=1S/C17H36N2/c1-15(2)11-14-19(17-9-5-6-10-17)13-8-7-12-18-16(3)4/h15-18H,5-14H2,1-4H3. The third kappa shape index (κ3) is 7.94. The molecule has 0 unspecified atom stereocenters. The second kappa shape index (κ2) is 9.77. The van der Waals surface area contributed by atoms with Crippen molar-refractivity contribution in [3.63, 3.8) is 0 Å². The van der Waals surface area contributed by atoms with Crippen LogP contribution in [-0.2, 0) is 0 Å². The zero-order chi connectivity index (χ0) is 14.1. The number of hydrogen-bond acceptors (Lipinski definition) is 2. The number of nitrogens with one attached hydrogen (secondary N) is 1. The van der Waals surface area contributed by atoms with Crippen molar-refractivity contribution in [3.05, 3.63) is 0 Å². The van der Waals surface area contributed by atoms with E-state index in [1.165, 1.54) is 64.6 Å². The summed E-state index contributed by atoms with van der Waals surface area (Å²) < 4.78 is 0. The van der Waals surface area contributed by atoms with E-state index in [-0.39, 0.29) is 0 Å². The van der Waals surface area contributed by atoms with E-state index in [0.717, 1.165) is 12.0 Å². The molecule has 0 saturated heterocycles. The topological polar surface area (TPSA) is 15.3 Å². The van der Waals surface area contributed by atoms with Crippen molar-refractivity contribution in [1.82, 2.24) is 10.2 Å². The molecule has 114 valence electrons. The second-order valence-corrected chi connectivity index (χ2v) is 6.97. The SMILES string of the molecule is CC(C)CCN(CCCCNC(C)C)C1CCCC1. The molecule has 1 saturated carbocycles. The molecule has 0 aromatic rings. The van der Waals surface area contributed by atoms with Crippen LogP contribution in [-0.4, -0.2) is 36.6 Å². The van der Waals surface area contributed by atoms with E-state index in [1.807, 2.05) is 0 Å². The van der Waals surface area contributed by atoms with Gasteiger partial charge in [-0.3, -0.25) is 0 Å². The van der Waals surface area contributed by atoms with Gasteiger partial charge in [0.25, 0.3) is 0 Å². The largest absolute Gasteiger partial charge is 0.315 e. The summed E-state index contributed by atoms with van der Waals surface area (Å²) in [6, 6.07) is 1.53. The van der Waals surface area contributed by atoms with Gasteiger partial charge in [-0.1, -0.05) is 40.5 Å². The predicted octanol–water partition coefficient (Wildman–Crippen LogP) is 4.06. The number of unbranched alkanes of at least 4 members (excludes halogenated alkanes) is 1. The van der Waals surface area contributed by atoms with E-state index in [1.54, 1.807) is 0 Å². The van der Waals surface area contributed by atoms with Crippen LogP contribution in [0, 0.1) is 5.92 Å². The fourth-order valence-electron chi connectivity index (χ4n) is 3.00. The highest BCUT2D eigenvalue weighted by atomic mass is 15.2. The maximum atomic E-state index is 3.52. The summed E-state index contributed by atoms with van der Waals surface area (Å²) in [4.78, 5) is 2.79. The summed E-state index contributed by atoms with van der Waals surface area (Å²) >= 11 is 0. The van der Waals surface area contributed by atoms with E-state index in [2.05, 4.69) is 37.9 Å². The normalized spacial score (nSPS) is 17.2. The molecule has 0 aliphatic heterocycles. The van der Waals surface area contributed by atoms with Crippen LogP contribution >= 0.6 is 0 Å². The molecule has 2 heteroatoms. The smallest absolute Gasteiger partial charge is 0.00952 e. The Morgan fingerprint density at radius 2 is 1.68 bits per heavy atom. The summed E-state index contributed by atoms with van der Waals surface area (Å²) in [6.45, 7) is 13.0. The number of nitrogens with zero attached hydrogens (tertiary/aromatic N) is 1. The van der Waals surface area contributed by atoms with Gasteiger partial charge in [-0.25, -0.2) is 0 Å². The molecule has 19 heavy (non-hydrogen) atoms. The maximum Gasteiger partial charge on any atom is 0.00952 e. The molecule has 2 nitrogen and oxygen atoms in total. The molecule has 1 fully saturated rings. The van der Waals surface area contributed by atoms with Crippen LogP contribution < -0.4 is 5.32 Å². The monoisotopic (exact) mass is 268 g/mol. The van der Waals surface area contributed by atoms with Gasteiger partial charge >= 0.3 is 0 Å². The van der Waals surface area contributed by atoms with Crippen LogP contribution in [0.2, 0.25) is 0 Å². The molecule has 1 rings (SSSR count). The lowest BCUT2D eigenvalue weighted by Gasteiger charge is -2.29. The van der Waals surface area contributed by atoms with E-state index in [9.17, 15) is 0 Å². The van der Waals surface area contributed by atoms with Gasteiger partial charge in [-0.15, -0.1) is 0 Å². The van der Waals surface area contributed by atoms with Gasteiger partial charge in [-0.05, 0) is 57.7 Å². The Hall–Kier alpha value is -0.0800. The fourth-order valence-corrected chi connectivity index (χ4v) is 3.00. The molecule has 0 aromatic carbocycles. The zero-order valence-corrected chi connectivity index (χ0v) is 13.8. The first kappa shape index (κ1) is 17.0. The molecular formula is C17H36N2. The highest BCUT2D eigenvalue weighted by Crippen LogP contribution is 2.24. The lowest BCUT2D eigenvalue weighted by Crippen LogP contribution is -2.36. The average molecular weight is 268 g/mol. The van der Waals surface area contributed by atoms with Crippen LogP contribution in [0.25, 0.3) is 0 Å². The van der Waals surface area contributed by atoms with E-state index in [0.29, 0.717) is 6.04 Å². The van der Waals surface area contributed by atoms with Crippen LogP contribution in [0.4, 0.5) is 0 Å². The molecule has 1 aliphatic rings. The Bertz CT molecular complexity index is 207. The summed E-state index contributed by atoms with van der Waals surface area (Å²) in [5.41, 5.74) is 0. The zero-order valence-electron chi connectivity index (χ0n) is 13.8. The van der Waals surface area contributed by atoms with Crippen LogP contribution in [0.15, 0.2) is 0 Å². The minimum atomic E-state index is 0.631. The first-order chi connectivity index (χ1) is 9.09. The van der Waals surface area contributed by atoms with Crippen molar-refractivity contribution in [1.29, 1.82) is 0 Å². The van der Waals surface area contributed by atoms with Gasteiger partial charge in [0.1, 0.15) is 0 Å². The van der Waals surface area contributed by atoms with Crippen LogP contribution in [0.5, 0.6) is 0 Å². The molecule has 1 N–H and O–H groups in total. The third-order valence-electron chi connectivity index (χ3n) is 4.26. The second-order valence-electron chi connectivity index (χ2n) is 6.97. The molecule has 0 heterocycles. The van der Waals surface area contributed by atoms with Gasteiger partial charge in [0.05, 0.1) is 0 Å². The number of hydrogen-bond donors (Lipinski definition) is 1. The molecule has 0 bridgehead atoms. The lowest BCUT2D eigenvalue weighted by atomic mass is 10.1. The average Bonchev–Trinajstić information content (AvgIpc) is 2.85. The van der Waals surface area contributed by atoms with Gasteiger partial charge in [0.2, 0.25) is 0 Å². The quantitative estimate of drug-likeness (QED) is 0.601. The van der Waals surface area contributed by atoms with E-state index < -0.39 is 0 Å². The van der Waals surface area contributed by atoms with Crippen LogP contribution in [0.1, 0.15) is 72.6 Å². The van der Waals surface area contributed by atoms with Crippen molar-refractivity contribution in [2.45, 2.75) is 84.7 Å². The Balaban J connectivity index is 2.20. The summed E-state index contributed by atoms with van der Waals surface area (Å²) in [5.74, 6) is 0.839. The molecule has 0 amide bonds. The molecular weight excluding hydrogens is 232 g/mol. The van der Waals surface area contributed by atoms with Gasteiger partial charge in [-0.2, -0.15) is 0 Å². The Labute approximate surface area is 121 Å². The van der Waals surface area contributed by atoms with Gasteiger partial charge < -0.3 is 10.2 Å². The first-order valence-corrected chi connectivity index (χ1v) is 8.57. The fraction of sp³-hybridized carbons (Fsp3) is 1.00. The molecule has 1 aliphatic carbocycles. The molecule has 0 spiro atoms. The summed E-state index contributed by atoms with van der Waals surface area (Å²) in [6.07, 6.45) is 9.85. The highest BCUT2D eigenvalue weighted by Gasteiger charge is 2.21. The summed E-state index contributed by atoms with van der Waals surface area (Å²) in [5, 5.41) is 3.52. The highest BCUT2D eigenvalue weighted by molar-refractivity contribution is 4.77. The van der Waals surface area contributed by atoms with Crippen molar-refractivity contribution in [2.24, 2.45) is 5.92 Å². The van der Waals surface area contributed by atoms with Gasteiger partial charge in [0, 0.05) is 12.1 Å². The molecule has 0 aromatic heterocycles. The maximum absolute atomic E-state index is 3.52. The summed E-state index contributed by atoms with van der Waals surface area (Å²) in [7, 11) is 0. The van der Waals surface area contributed by atoms with Crippen molar-refractivity contribution in [2.75, 3.05) is 19.6 Å². The number of rotatable bonds is 10. The predicted molar refractivity (Wildman–Crippen MR) is 85.7 cm³/mol. The molecule has 0 radical (unpaired) electrons. The van der Waals surface area contributed by atoms with E-state index in [4.69, 9.17) is 0 Å².